The third-order valence-electron chi connectivity index (χ3n) is 1.32. The zero-order valence-electron chi connectivity index (χ0n) is 5.60. The van der Waals surface area contributed by atoms with E-state index >= 15 is 0 Å². The highest BCUT2D eigenvalue weighted by molar-refractivity contribution is 5.49. The van der Waals surface area contributed by atoms with E-state index in [4.69, 9.17) is 5.73 Å². The SMILES string of the molecule is Cc1[c]ncc(C)c1N. The van der Waals surface area contributed by atoms with Crippen LogP contribution in [0.4, 0.5) is 5.69 Å². The van der Waals surface area contributed by atoms with E-state index in [0.717, 1.165) is 16.8 Å². The number of pyridine rings is 1. The van der Waals surface area contributed by atoms with Gasteiger partial charge in [-0.25, -0.2) is 0 Å². The van der Waals surface area contributed by atoms with Gasteiger partial charge < -0.3 is 5.73 Å². The number of anilines is 1. The summed E-state index contributed by atoms with van der Waals surface area (Å²) in [5, 5.41) is 0. The fourth-order valence-electron chi connectivity index (χ4n) is 0.651. The van der Waals surface area contributed by atoms with E-state index in [1.807, 2.05) is 13.8 Å². The second-order valence-electron chi connectivity index (χ2n) is 2.09. The van der Waals surface area contributed by atoms with Crippen LogP contribution in [0, 0.1) is 20.0 Å². The minimum absolute atomic E-state index is 0.796. The molecule has 0 aliphatic heterocycles. The third kappa shape index (κ3) is 1.02. The molecule has 0 aromatic carbocycles. The fourth-order valence-corrected chi connectivity index (χ4v) is 0.651. The lowest BCUT2D eigenvalue weighted by Gasteiger charge is -1.99. The van der Waals surface area contributed by atoms with Crippen molar-refractivity contribution in [3.8, 4) is 0 Å². The molecule has 0 saturated heterocycles. The standard InChI is InChI=1S/C7H9N2/c1-5-3-9-4-6(2)7(5)8/h3H,1-2H3,(H2,8,9). The maximum absolute atomic E-state index is 5.61. The summed E-state index contributed by atoms with van der Waals surface area (Å²) < 4.78 is 0. The molecule has 2 N–H and O–H groups in total. The van der Waals surface area contributed by atoms with Gasteiger partial charge in [-0.3, -0.25) is 4.98 Å². The van der Waals surface area contributed by atoms with Crippen molar-refractivity contribution in [1.29, 1.82) is 0 Å². The van der Waals surface area contributed by atoms with Crippen LogP contribution in [0.2, 0.25) is 0 Å². The summed E-state index contributed by atoms with van der Waals surface area (Å²) in [5.74, 6) is 0. The molecule has 0 aliphatic rings. The maximum atomic E-state index is 5.61. The largest absolute Gasteiger partial charge is 0.398 e. The van der Waals surface area contributed by atoms with Gasteiger partial charge in [-0.1, -0.05) is 0 Å². The van der Waals surface area contributed by atoms with Crippen molar-refractivity contribution in [2.45, 2.75) is 13.8 Å². The maximum Gasteiger partial charge on any atom is 0.0939 e. The molecule has 0 unspecified atom stereocenters. The van der Waals surface area contributed by atoms with Gasteiger partial charge in [0.05, 0.1) is 6.20 Å². The van der Waals surface area contributed by atoms with E-state index in [1.165, 1.54) is 0 Å². The smallest absolute Gasteiger partial charge is 0.0939 e. The highest BCUT2D eigenvalue weighted by Crippen LogP contribution is 2.11. The van der Waals surface area contributed by atoms with Gasteiger partial charge in [0.15, 0.2) is 0 Å². The van der Waals surface area contributed by atoms with Crippen LogP contribution in [0.1, 0.15) is 11.1 Å². The molecule has 2 heteroatoms. The van der Waals surface area contributed by atoms with E-state index in [9.17, 15) is 0 Å². The van der Waals surface area contributed by atoms with Gasteiger partial charge in [0.2, 0.25) is 0 Å². The topological polar surface area (TPSA) is 38.9 Å². The van der Waals surface area contributed by atoms with Crippen molar-refractivity contribution in [3.05, 3.63) is 23.5 Å². The van der Waals surface area contributed by atoms with Crippen LogP contribution < -0.4 is 5.73 Å². The first-order valence-corrected chi connectivity index (χ1v) is 2.81. The quantitative estimate of drug-likeness (QED) is 0.557. The Balaban J connectivity index is 3.25. The molecule has 0 amide bonds. The average Bonchev–Trinajstić information content (AvgIpc) is 1.83. The van der Waals surface area contributed by atoms with Crippen LogP contribution in [0.25, 0.3) is 0 Å². The van der Waals surface area contributed by atoms with E-state index in [0.29, 0.717) is 0 Å². The van der Waals surface area contributed by atoms with E-state index < -0.39 is 0 Å². The molecule has 2 nitrogen and oxygen atoms in total. The summed E-state index contributed by atoms with van der Waals surface area (Å²) in [6, 6.07) is 0. The molecule has 0 bridgehead atoms. The Labute approximate surface area is 54.7 Å². The molecular weight excluding hydrogens is 112 g/mol. The second kappa shape index (κ2) is 2.05. The zero-order chi connectivity index (χ0) is 6.85. The molecule has 1 heterocycles. The number of aromatic nitrogens is 1. The molecule has 1 aromatic heterocycles. The summed E-state index contributed by atoms with van der Waals surface area (Å²) in [6.07, 6.45) is 4.48. The number of nitrogens with two attached hydrogens (primary N) is 1. The van der Waals surface area contributed by atoms with Crippen molar-refractivity contribution >= 4 is 5.69 Å². The molecular formula is C7H9N2. The van der Waals surface area contributed by atoms with Crippen LogP contribution in [-0.4, -0.2) is 4.98 Å². The van der Waals surface area contributed by atoms with Gasteiger partial charge in [0.1, 0.15) is 0 Å². The number of nitrogens with zero attached hydrogens (tertiary/aromatic N) is 1. The molecule has 9 heavy (non-hydrogen) atoms. The minimum Gasteiger partial charge on any atom is -0.398 e. The Morgan fingerprint density at radius 3 is 2.67 bits per heavy atom. The first-order chi connectivity index (χ1) is 4.22. The third-order valence-corrected chi connectivity index (χ3v) is 1.32. The second-order valence-corrected chi connectivity index (χ2v) is 2.09. The van der Waals surface area contributed by atoms with Crippen LogP contribution in [0.5, 0.6) is 0 Å². The number of rotatable bonds is 0. The van der Waals surface area contributed by atoms with Crippen LogP contribution in [-0.2, 0) is 0 Å². The Bertz CT molecular complexity index is 198. The summed E-state index contributed by atoms with van der Waals surface area (Å²) in [5.41, 5.74) is 8.35. The van der Waals surface area contributed by atoms with Crippen molar-refractivity contribution in [3.63, 3.8) is 0 Å². The van der Waals surface area contributed by atoms with E-state index in [2.05, 4.69) is 11.2 Å². The number of hydrogen-bond acceptors (Lipinski definition) is 2. The molecule has 0 atom stereocenters. The highest BCUT2D eigenvalue weighted by Gasteiger charge is 1.94. The van der Waals surface area contributed by atoms with E-state index in [1.54, 1.807) is 6.20 Å². The Morgan fingerprint density at radius 1 is 1.56 bits per heavy atom. The van der Waals surface area contributed by atoms with E-state index in [-0.39, 0.29) is 0 Å². The molecule has 1 rings (SSSR count). The zero-order valence-corrected chi connectivity index (χ0v) is 5.60. The molecule has 0 saturated carbocycles. The van der Waals surface area contributed by atoms with Gasteiger partial charge >= 0.3 is 0 Å². The molecule has 47 valence electrons. The Kier molecular flexibility index (Phi) is 1.39. The summed E-state index contributed by atoms with van der Waals surface area (Å²) in [6.45, 7) is 3.83. The van der Waals surface area contributed by atoms with Crippen molar-refractivity contribution in [2.24, 2.45) is 0 Å². The van der Waals surface area contributed by atoms with Crippen LogP contribution >= 0.6 is 0 Å². The first kappa shape index (κ1) is 6.08. The Morgan fingerprint density at radius 2 is 2.22 bits per heavy atom. The summed E-state index contributed by atoms with van der Waals surface area (Å²) in [4.78, 5) is 3.84. The van der Waals surface area contributed by atoms with Crippen molar-refractivity contribution in [2.75, 3.05) is 5.73 Å². The predicted molar refractivity (Wildman–Crippen MR) is 37.0 cm³/mol. The molecule has 0 aliphatic carbocycles. The van der Waals surface area contributed by atoms with Crippen LogP contribution in [0.3, 0.4) is 0 Å². The minimum atomic E-state index is 0.796. The lowest BCUT2D eigenvalue weighted by atomic mass is 10.2. The lowest BCUT2D eigenvalue weighted by molar-refractivity contribution is 1.21. The number of aryl methyl sites for hydroxylation is 2. The van der Waals surface area contributed by atoms with Crippen LogP contribution in [0.15, 0.2) is 6.20 Å². The Hall–Kier alpha value is -1.05. The van der Waals surface area contributed by atoms with Gasteiger partial charge in [0.25, 0.3) is 0 Å². The van der Waals surface area contributed by atoms with Crippen molar-refractivity contribution in [1.82, 2.24) is 4.98 Å². The average molecular weight is 121 g/mol. The van der Waals surface area contributed by atoms with Gasteiger partial charge in [-0.15, -0.1) is 0 Å². The number of nitrogen functional groups attached to an aromatic ring is 1. The van der Waals surface area contributed by atoms with Gasteiger partial charge in [0, 0.05) is 17.4 Å². The van der Waals surface area contributed by atoms with Gasteiger partial charge in [-0.2, -0.15) is 0 Å². The normalized spacial score (nSPS) is 9.56. The monoisotopic (exact) mass is 121 g/mol. The molecule has 0 fully saturated rings. The molecule has 0 spiro atoms. The predicted octanol–water partition coefficient (Wildman–Crippen LogP) is 1.08. The fraction of sp³-hybridized carbons (Fsp3) is 0.286. The lowest BCUT2D eigenvalue weighted by Crippen LogP contribution is -1.93. The van der Waals surface area contributed by atoms with Crippen molar-refractivity contribution < 1.29 is 0 Å². The number of hydrogen-bond donors (Lipinski definition) is 1. The first-order valence-electron chi connectivity index (χ1n) is 2.81. The highest BCUT2D eigenvalue weighted by atomic mass is 14.7. The summed E-state index contributed by atoms with van der Waals surface area (Å²) >= 11 is 0. The summed E-state index contributed by atoms with van der Waals surface area (Å²) in [7, 11) is 0. The van der Waals surface area contributed by atoms with Gasteiger partial charge in [-0.05, 0) is 19.4 Å². The molecule has 1 aromatic rings. The molecule has 1 radical (unpaired) electrons.